The van der Waals surface area contributed by atoms with Crippen LogP contribution in [0.4, 0.5) is 0 Å². The van der Waals surface area contributed by atoms with Gasteiger partial charge in [0.2, 0.25) is 7.29 Å². The van der Waals surface area contributed by atoms with Gasteiger partial charge in [0.05, 0.1) is 0 Å². The van der Waals surface area contributed by atoms with Crippen molar-refractivity contribution in [3.63, 3.8) is 0 Å². The quantitative estimate of drug-likeness (QED) is 0.429. The lowest BCUT2D eigenvalue weighted by molar-refractivity contribution is 0.588. The highest BCUT2D eigenvalue weighted by atomic mass is 32.1. The van der Waals surface area contributed by atoms with E-state index in [-0.39, 0.29) is 0 Å². The fourth-order valence-electron chi connectivity index (χ4n) is 2.28. The lowest BCUT2D eigenvalue weighted by atomic mass is 10.2. The van der Waals surface area contributed by atoms with E-state index in [4.69, 9.17) is 0 Å². The van der Waals surface area contributed by atoms with E-state index in [1.165, 1.54) is 0 Å². The van der Waals surface area contributed by atoms with Crippen molar-refractivity contribution in [1.82, 2.24) is 0 Å². The first kappa shape index (κ1) is 15.8. The molecule has 0 unspecified atom stereocenters. The van der Waals surface area contributed by atoms with Crippen molar-refractivity contribution in [2.75, 3.05) is 0 Å². The average molecular weight is 337 g/mol. The fourth-order valence-corrected chi connectivity index (χ4v) is 4.51. The zero-order valence-electron chi connectivity index (χ0n) is 12.4. The minimum atomic E-state index is -3.07. The number of nitrogens with zero attached hydrogens (tertiary/aromatic N) is 1. The second kappa shape index (κ2) is 6.99. The third-order valence-electron chi connectivity index (χ3n) is 3.51. The molecule has 3 aromatic carbocycles. The number of rotatable bonds is 4. The van der Waals surface area contributed by atoms with Crippen molar-refractivity contribution in [2.24, 2.45) is 4.76 Å². The summed E-state index contributed by atoms with van der Waals surface area (Å²) >= 11 is 4.42. The molecule has 0 saturated heterocycles. The second-order valence-corrected chi connectivity index (χ2v) is 7.95. The predicted octanol–water partition coefficient (Wildman–Crippen LogP) is 4.32. The molecule has 0 aliphatic heterocycles. The van der Waals surface area contributed by atoms with E-state index >= 15 is 0 Å². The standard InChI is InChI=1S/C19H16NOPS/c21-22(17-10-3-1-4-11-17,18-12-5-2-6-13-18)20-15-16-9-7-8-14-19(16)23/h1-15,23H/b20-15+. The van der Waals surface area contributed by atoms with Gasteiger partial charge in [-0.3, -0.25) is 4.57 Å². The third kappa shape index (κ3) is 3.47. The van der Waals surface area contributed by atoms with Crippen LogP contribution in [0.1, 0.15) is 5.56 Å². The molecule has 0 aromatic heterocycles. The third-order valence-corrected chi connectivity index (χ3v) is 6.35. The van der Waals surface area contributed by atoms with Gasteiger partial charge in [-0.25, -0.2) is 4.76 Å². The largest absolute Gasteiger partial charge is 0.288 e. The molecule has 0 amide bonds. The molecule has 23 heavy (non-hydrogen) atoms. The van der Waals surface area contributed by atoms with Crippen LogP contribution in [0, 0.1) is 0 Å². The zero-order valence-corrected chi connectivity index (χ0v) is 14.2. The van der Waals surface area contributed by atoms with Crippen molar-refractivity contribution in [3.05, 3.63) is 90.5 Å². The summed E-state index contributed by atoms with van der Waals surface area (Å²) in [5, 5.41) is 1.44. The van der Waals surface area contributed by atoms with Gasteiger partial charge >= 0.3 is 0 Å². The van der Waals surface area contributed by atoms with Crippen molar-refractivity contribution >= 4 is 36.7 Å². The number of thiol groups is 1. The minimum Gasteiger partial charge on any atom is -0.288 e. The molecule has 3 aromatic rings. The van der Waals surface area contributed by atoms with Gasteiger partial charge in [0.25, 0.3) is 0 Å². The molecule has 0 radical (unpaired) electrons. The second-order valence-electron chi connectivity index (χ2n) is 5.05. The molecule has 4 heteroatoms. The summed E-state index contributed by atoms with van der Waals surface area (Å²) < 4.78 is 18.2. The van der Waals surface area contributed by atoms with Gasteiger partial charge in [-0.15, -0.1) is 12.6 Å². The topological polar surface area (TPSA) is 29.4 Å². The van der Waals surface area contributed by atoms with Gasteiger partial charge in [0, 0.05) is 27.3 Å². The highest BCUT2D eigenvalue weighted by molar-refractivity contribution is 7.80. The highest BCUT2D eigenvalue weighted by Crippen LogP contribution is 2.44. The van der Waals surface area contributed by atoms with Gasteiger partial charge in [-0.05, 0) is 30.3 Å². The Kier molecular flexibility index (Phi) is 4.80. The molecular formula is C19H16NOPS. The summed E-state index contributed by atoms with van der Waals surface area (Å²) in [4.78, 5) is 0.809. The first-order chi connectivity index (χ1) is 11.2. The first-order valence-electron chi connectivity index (χ1n) is 7.25. The molecule has 3 rings (SSSR count). The fraction of sp³-hybridized carbons (Fsp3) is 0. The van der Waals surface area contributed by atoms with Crippen molar-refractivity contribution in [1.29, 1.82) is 0 Å². The smallest absolute Gasteiger partial charge is 0.247 e. The van der Waals surface area contributed by atoms with Crippen LogP contribution in [-0.4, -0.2) is 6.21 Å². The highest BCUT2D eigenvalue weighted by Gasteiger charge is 2.25. The molecular weight excluding hydrogens is 321 g/mol. The Morgan fingerprint density at radius 2 is 1.22 bits per heavy atom. The van der Waals surface area contributed by atoms with Gasteiger partial charge in [0.1, 0.15) is 0 Å². The Bertz CT molecular complexity index is 819. The molecule has 114 valence electrons. The monoisotopic (exact) mass is 337 g/mol. The van der Waals surface area contributed by atoms with E-state index in [1.54, 1.807) is 6.21 Å². The Hall–Kier alpha value is -2.09. The van der Waals surface area contributed by atoms with E-state index in [0.29, 0.717) is 0 Å². The van der Waals surface area contributed by atoms with Gasteiger partial charge in [-0.2, -0.15) is 0 Å². The Morgan fingerprint density at radius 3 is 1.74 bits per heavy atom. The van der Waals surface area contributed by atoms with Crippen LogP contribution < -0.4 is 10.6 Å². The molecule has 0 bridgehead atoms. The van der Waals surface area contributed by atoms with E-state index in [0.717, 1.165) is 21.1 Å². The molecule has 0 atom stereocenters. The molecule has 0 aliphatic rings. The number of hydrogen-bond donors (Lipinski definition) is 1. The van der Waals surface area contributed by atoms with E-state index in [9.17, 15) is 4.57 Å². The normalized spacial score (nSPS) is 11.7. The number of hydrogen-bond acceptors (Lipinski definition) is 2. The lowest BCUT2D eigenvalue weighted by Crippen LogP contribution is -2.14. The van der Waals surface area contributed by atoms with Gasteiger partial charge in [-0.1, -0.05) is 54.6 Å². The van der Waals surface area contributed by atoms with Crippen LogP contribution in [0.25, 0.3) is 0 Å². The van der Waals surface area contributed by atoms with E-state index in [1.807, 2.05) is 84.9 Å². The average Bonchev–Trinajstić information content (AvgIpc) is 2.62. The lowest BCUT2D eigenvalue weighted by Gasteiger charge is -2.14. The molecule has 0 heterocycles. The molecule has 0 spiro atoms. The Labute approximate surface area is 141 Å². The van der Waals surface area contributed by atoms with Crippen molar-refractivity contribution in [2.45, 2.75) is 4.90 Å². The number of benzene rings is 3. The summed E-state index contributed by atoms with van der Waals surface area (Å²) in [6.45, 7) is 0. The van der Waals surface area contributed by atoms with Crippen LogP contribution in [0.3, 0.4) is 0 Å². The Morgan fingerprint density at radius 1 is 0.739 bits per heavy atom. The van der Waals surface area contributed by atoms with E-state index in [2.05, 4.69) is 17.4 Å². The summed E-state index contributed by atoms with van der Waals surface area (Å²) in [5.74, 6) is 0. The van der Waals surface area contributed by atoms with Crippen molar-refractivity contribution in [3.8, 4) is 0 Å². The minimum absolute atomic E-state index is 0.721. The maximum absolute atomic E-state index is 13.7. The SMILES string of the molecule is O=P(/N=C/c1ccccc1S)(c1ccccc1)c1ccccc1. The maximum Gasteiger partial charge on any atom is 0.247 e. The van der Waals surface area contributed by atoms with Crippen LogP contribution in [0.2, 0.25) is 0 Å². The Balaban J connectivity index is 2.11. The maximum atomic E-state index is 13.7. The molecule has 0 saturated carbocycles. The molecule has 2 nitrogen and oxygen atoms in total. The van der Waals surface area contributed by atoms with E-state index < -0.39 is 7.29 Å². The summed E-state index contributed by atoms with van der Waals surface area (Å²) in [7, 11) is -3.07. The molecule has 0 N–H and O–H groups in total. The van der Waals surface area contributed by atoms with Gasteiger partial charge < -0.3 is 0 Å². The van der Waals surface area contributed by atoms with Crippen LogP contribution >= 0.6 is 19.9 Å². The van der Waals surface area contributed by atoms with Crippen molar-refractivity contribution < 1.29 is 4.57 Å². The predicted molar refractivity (Wildman–Crippen MR) is 101 cm³/mol. The first-order valence-corrected chi connectivity index (χ1v) is 9.36. The van der Waals surface area contributed by atoms with Gasteiger partial charge in [0.15, 0.2) is 0 Å². The zero-order chi connectivity index (χ0) is 16.1. The molecule has 0 aliphatic carbocycles. The van der Waals surface area contributed by atoms with Crippen LogP contribution in [0.5, 0.6) is 0 Å². The summed E-state index contributed by atoms with van der Waals surface area (Å²) in [6, 6.07) is 26.4. The summed E-state index contributed by atoms with van der Waals surface area (Å²) in [6.07, 6.45) is 1.66. The van der Waals surface area contributed by atoms with Crippen LogP contribution in [-0.2, 0) is 4.57 Å². The van der Waals surface area contributed by atoms with Crippen LogP contribution in [0.15, 0.2) is 94.6 Å². The molecule has 0 fully saturated rings. The summed E-state index contributed by atoms with van der Waals surface area (Å²) in [5.41, 5.74) is 0.850.